The summed E-state index contributed by atoms with van der Waals surface area (Å²) in [6.07, 6.45) is 2.17. The minimum Gasteiger partial charge on any atom is -0.496 e. The molecule has 0 radical (unpaired) electrons. The fraction of sp³-hybridized carbons (Fsp3) is 0.300. The molecular weight excluding hydrogens is 349 g/mol. The molecule has 1 fully saturated rings. The molecule has 0 saturated heterocycles. The molecular formula is C20H20FN3OS. The van der Waals surface area contributed by atoms with Crippen LogP contribution in [-0.4, -0.2) is 21.9 Å². The molecule has 0 N–H and O–H groups in total. The molecule has 0 bridgehead atoms. The van der Waals surface area contributed by atoms with Gasteiger partial charge in [-0.2, -0.15) is 0 Å². The monoisotopic (exact) mass is 369 g/mol. The first-order valence-electron chi connectivity index (χ1n) is 8.63. The second kappa shape index (κ2) is 7.11. The van der Waals surface area contributed by atoms with Crippen LogP contribution in [0.5, 0.6) is 5.75 Å². The quantitative estimate of drug-likeness (QED) is 0.572. The highest BCUT2D eigenvalue weighted by atomic mass is 32.2. The third-order valence-electron chi connectivity index (χ3n) is 4.48. The number of benzene rings is 2. The first kappa shape index (κ1) is 17.1. The summed E-state index contributed by atoms with van der Waals surface area (Å²) < 4.78 is 21.8. The Bertz CT molecular complexity index is 937. The summed E-state index contributed by atoms with van der Waals surface area (Å²) in [5, 5.41) is 9.49. The zero-order valence-corrected chi connectivity index (χ0v) is 15.6. The van der Waals surface area contributed by atoms with Crippen molar-refractivity contribution in [3.63, 3.8) is 0 Å². The third kappa shape index (κ3) is 3.33. The van der Waals surface area contributed by atoms with E-state index in [0.29, 0.717) is 17.4 Å². The van der Waals surface area contributed by atoms with Crippen LogP contribution in [-0.2, 0) is 5.75 Å². The Morgan fingerprint density at radius 3 is 2.73 bits per heavy atom. The summed E-state index contributed by atoms with van der Waals surface area (Å²) in [4.78, 5) is 0. The van der Waals surface area contributed by atoms with E-state index in [4.69, 9.17) is 4.74 Å². The fourth-order valence-corrected chi connectivity index (χ4v) is 4.01. The van der Waals surface area contributed by atoms with Gasteiger partial charge in [-0.25, -0.2) is 4.39 Å². The molecule has 26 heavy (non-hydrogen) atoms. The smallest absolute Gasteiger partial charge is 0.192 e. The van der Waals surface area contributed by atoms with Gasteiger partial charge < -0.3 is 4.74 Å². The van der Waals surface area contributed by atoms with Gasteiger partial charge in [-0.1, -0.05) is 41.6 Å². The van der Waals surface area contributed by atoms with E-state index < -0.39 is 0 Å². The zero-order chi connectivity index (χ0) is 18.1. The second-order valence-corrected chi connectivity index (χ2v) is 7.43. The zero-order valence-electron chi connectivity index (χ0n) is 14.8. The molecule has 6 heteroatoms. The average molecular weight is 369 g/mol. The van der Waals surface area contributed by atoms with Crippen molar-refractivity contribution in [2.75, 3.05) is 7.11 Å². The van der Waals surface area contributed by atoms with Gasteiger partial charge in [-0.15, -0.1) is 10.2 Å². The number of nitrogens with zero attached hydrogens (tertiary/aromatic N) is 3. The molecule has 4 nitrogen and oxygen atoms in total. The van der Waals surface area contributed by atoms with Gasteiger partial charge in [-0.05, 0) is 38.0 Å². The van der Waals surface area contributed by atoms with Crippen molar-refractivity contribution in [2.45, 2.75) is 36.7 Å². The summed E-state index contributed by atoms with van der Waals surface area (Å²) in [5.41, 5.74) is 2.82. The Hall–Kier alpha value is -2.34. The maximum atomic E-state index is 14.2. The topological polar surface area (TPSA) is 39.9 Å². The van der Waals surface area contributed by atoms with Crippen LogP contribution < -0.4 is 4.74 Å². The van der Waals surface area contributed by atoms with E-state index in [1.54, 1.807) is 31.0 Å². The largest absolute Gasteiger partial charge is 0.496 e. The molecule has 0 atom stereocenters. The summed E-state index contributed by atoms with van der Waals surface area (Å²) in [6.45, 7) is 2.07. The van der Waals surface area contributed by atoms with Crippen LogP contribution in [0.15, 0.2) is 47.6 Å². The van der Waals surface area contributed by atoms with Gasteiger partial charge in [0.1, 0.15) is 11.6 Å². The number of rotatable bonds is 6. The van der Waals surface area contributed by atoms with Gasteiger partial charge >= 0.3 is 0 Å². The number of ether oxygens (including phenoxy) is 1. The lowest BCUT2D eigenvalue weighted by Crippen LogP contribution is -2.01. The first-order chi connectivity index (χ1) is 12.7. The van der Waals surface area contributed by atoms with Gasteiger partial charge in [-0.3, -0.25) is 4.57 Å². The molecule has 1 aliphatic carbocycles. The standard InChI is InChI=1S/C20H20FN3OS/c1-13-7-10-18(25-2)14(11-13)12-26-20-23-22-19(24(20)15-8-9-15)16-5-3-4-6-17(16)21/h3-7,10-11,15H,8-9,12H2,1-2H3. The van der Waals surface area contributed by atoms with Crippen molar-refractivity contribution in [2.24, 2.45) is 0 Å². The van der Waals surface area contributed by atoms with Gasteiger partial charge in [0.05, 0.1) is 12.7 Å². The molecule has 4 rings (SSSR count). The van der Waals surface area contributed by atoms with E-state index >= 15 is 0 Å². The van der Waals surface area contributed by atoms with Gasteiger partial charge in [0, 0.05) is 17.4 Å². The van der Waals surface area contributed by atoms with E-state index in [-0.39, 0.29) is 5.82 Å². The molecule has 134 valence electrons. The van der Waals surface area contributed by atoms with Crippen molar-refractivity contribution >= 4 is 11.8 Å². The number of halogens is 1. The van der Waals surface area contributed by atoms with Crippen LogP contribution in [0.1, 0.15) is 30.0 Å². The van der Waals surface area contributed by atoms with Gasteiger partial charge in [0.2, 0.25) is 0 Å². The Morgan fingerprint density at radius 1 is 1.19 bits per heavy atom. The predicted octanol–water partition coefficient (Wildman–Crippen LogP) is 5.03. The highest BCUT2D eigenvalue weighted by Crippen LogP contribution is 2.42. The Balaban J connectivity index is 1.64. The van der Waals surface area contributed by atoms with Crippen LogP contribution in [0.4, 0.5) is 4.39 Å². The van der Waals surface area contributed by atoms with Crippen molar-refractivity contribution in [3.8, 4) is 17.1 Å². The Kier molecular flexibility index (Phi) is 4.68. The van der Waals surface area contributed by atoms with Crippen LogP contribution in [0, 0.1) is 12.7 Å². The third-order valence-corrected chi connectivity index (χ3v) is 5.48. The van der Waals surface area contributed by atoms with E-state index in [2.05, 4.69) is 27.8 Å². The number of aryl methyl sites for hydroxylation is 1. The van der Waals surface area contributed by atoms with Crippen molar-refractivity contribution in [3.05, 3.63) is 59.4 Å². The van der Waals surface area contributed by atoms with Crippen LogP contribution in [0.25, 0.3) is 11.4 Å². The number of aromatic nitrogens is 3. The Labute approximate surface area is 156 Å². The number of methoxy groups -OCH3 is 1. The molecule has 1 aliphatic rings. The predicted molar refractivity (Wildman–Crippen MR) is 101 cm³/mol. The minimum absolute atomic E-state index is 0.265. The summed E-state index contributed by atoms with van der Waals surface area (Å²) >= 11 is 1.61. The number of hydrogen-bond donors (Lipinski definition) is 0. The molecule has 0 unspecified atom stereocenters. The summed E-state index contributed by atoms with van der Waals surface area (Å²) in [6, 6.07) is 13.3. The van der Waals surface area contributed by atoms with Gasteiger partial charge in [0.25, 0.3) is 0 Å². The van der Waals surface area contributed by atoms with Crippen LogP contribution >= 0.6 is 11.8 Å². The lowest BCUT2D eigenvalue weighted by molar-refractivity contribution is 0.411. The molecule has 3 aromatic rings. The van der Waals surface area contributed by atoms with Crippen LogP contribution in [0.3, 0.4) is 0 Å². The molecule has 1 saturated carbocycles. The van der Waals surface area contributed by atoms with Crippen molar-refractivity contribution < 1.29 is 9.13 Å². The SMILES string of the molecule is COc1ccc(C)cc1CSc1nnc(-c2ccccc2F)n1C1CC1. The number of thioether (sulfide) groups is 1. The van der Waals surface area contributed by atoms with E-state index in [9.17, 15) is 4.39 Å². The highest BCUT2D eigenvalue weighted by Gasteiger charge is 2.31. The van der Waals surface area contributed by atoms with Crippen molar-refractivity contribution in [1.82, 2.24) is 14.8 Å². The second-order valence-electron chi connectivity index (χ2n) is 6.49. The fourth-order valence-electron chi connectivity index (χ4n) is 3.03. The van der Waals surface area contributed by atoms with Crippen LogP contribution in [0.2, 0.25) is 0 Å². The highest BCUT2D eigenvalue weighted by molar-refractivity contribution is 7.98. The normalized spacial score (nSPS) is 13.8. The summed E-state index contributed by atoms with van der Waals surface area (Å²) in [5.74, 6) is 1.95. The lowest BCUT2D eigenvalue weighted by atomic mass is 10.1. The Morgan fingerprint density at radius 2 is 2.00 bits per heavy atom. The molecule has 1 heterocycles. The van der Waals surface area contributed by atoms with E-state index in [1.807, 2.05) is 18.2 Å². The van der Waals surface area contributed by atoms with Gasteiger partial charge in [0.15, 0.2) is 11.0 Å². The van der Waals surface area contributed by atoms with Crippen molar-refractivity contribution in [1.29, 1.82) is 0 Å². The maximum Gasteiger partial charge on any atom is 0.192 e. The average Bonchev–Trinajstić information content (AvgIpc) is 3.40. The summed E-state index contributed by atoms with van der Waals surface area (Å²) in [7, 11) is 1.68. The molecule has 2 aromatic carbocycles. The lowest BCUT2D eigenvalue weighted by Gasteiger charge is -2.11. The van der Waals surface area contributed by atoms with E-state index in [1.165, 1.54) is 11.6 Å². The molecule has 1 aromatic heterocycles. The minimum atomic E-state index is -0.265. The van der Waals surface area contributed by atoms with E-state index in [0.717, 1.165) is 35.1 Å². The molecule has 0 amide bonds. The molecule has 0 aliphatic heterocycles. The molecule has 0 spiro atoms. The number of hydrogen-bond acceptors (Lipinski definition) is 4. The first-order valence-corrected chi connectivity index (χ1v) is 9.62. The maximum absolute atomic E-state index is 14.2.